The SMILES string of the molecule is COCc1nc(N)c(Br)c(COC)n1. The van der Waals surface area contributed by atoms with Crippen molar-refractivity contribution < 1.29 is 9.47 Å². The highest BCUT2D eigenvalue weighted by molar-refractivity contribution is 9.10. The fraction of sp³-hybridized carbons (Fsp3) is 0.500. The molecule has 1 heterocycles. The molecule has 0 spiro atoms. The van der Waals surface area contributed by atoms with Crippen LogP contribution < -0.4 is 5.73 Å². The number of aromatic nitrogens is 2. The van der Waals surface area contributed by atoms with E-state index < -0.39 is 0 Å². The van der Waals surface area contributed by atoms with Crippen LogP contribution in [0.1, 0.15) is 11.5 Å². The molecule has 0 bridgehead atoms. The number of rotatable bonds is 4. The molecule has 0 amide bonds. The molecule has 0 saturated heterocycles. The van der Waals surface area contributed by atoms with Crippen molar-refractivity contribution in [2.24, 2.45) is 0 Å². The number of hydrogen-bond acceptors (Lipinski definition) is 5. The minimum atomic E-state index is 0.341. The zero-order valence-corrected chi connectivity index (χ0v) is 9.67. The van der Waals surface area contributed by atoms with Gasteiger partial charge in [0.1, 0.15) is 12.4 Å². The third kappa shape index (κ3) is 2.63. The fourth-order valence-corrected chi connectivity index (χ4v) is 1.28. The van der Waals surface area contributed by atoms with Crippen molar-refractivity contribution in [3.63, 3.8) is 0 Å². The summed E-state index contributed by atoms with van der Waals surface area (Å²) in [7, 11) is 3.18. The molecule has 0 aliphatic heterocycles. The lowest BCUT2D eigenvalue weighted by molar-refractivity contribution is 0.170. The first-order valence-corrected chi connectivity index (χ1v) is 4.77. The molecular formula is C8H12BrN3O2. The van der Waals surface area contributed by atoms with Crippen molar-refractivity contribution in [1.29, 1.82) is 0 Å². The van der Waals surface area contributed by atoms with Crippen molar-refractivity contribution >= 4 is 21.7 Å². The quantitative estimate of drug-likeness (QED) is 0.880. The Hall–Kier alpha value is -0.720. The van der Waals surface area contributed by atoms with Gasteiger partial charge in [0, 0.05) is 14.2 Å². The highest BCUT2D eigenvalue weighted by Gasteiger charge is 2.09. The van der Waals surface area contributed by atoms with Crippen LogP contribution in [0.25, 0.3) is 0 Å². The van der Waals surface area contributed by atoms with Crippen molar-refractivity contribution in [1.82, 2.24) is 9.97 Å². The monoisotopic (exact) mass is 261 g/mol. The number of anilines is 1. The van der Waals surface area contributed by atoms with Crippen LogP contribution in [0, 0.1) is 0 Å². The van der Waals surface area contributed by atoms with E-state index in [1.165, 1.54) is 0 Å². The second-order valence-electron chi connectivity index (χ2n) is 2.65. The molecule has 0 saturated carbocycles. The Bertz CT molecular complexity index is 320. The van der Waals surface area contributed by atoms with Crippen LogP contribution in [0.4, 0.5) is 5.82 Å². The van der Waals surface area contributed by atoms with Gasteiger partial charge < -0.3 is 15.2 Å². The van der Waals surface area contributed by atoms with Crippen LogP contribution in [0.15, 0.2) is 4.47 Å². The van der Waals surface area contributed by atoms with E-state index in [2.05, 4.69) is 25.9 Å². The van der Waals surface area contributed by atoms with Gasteiger partial charge in [0.2, 0.25) is 0 Å². The maximum absolute atomic E-state index is 5.67. The first kappa shape index (κ1) is 11.4. The maximum Gasteiger partial charge on any atom is 0.156 e. The van der Waals surface area contributed by atoms with Gasteiger partial charge >= 0.3 is 0 Å². The molecule has 6 heteroatoms. The molecule has 0 atom stereocenters. The van der Waals surface area contributed by atoms with E-state index in [0.717, 1.165) is 5.69 Å². The topological polar surface area (TPSA) is 70.3 Å². The molecule has 0 aromatic carbocycles. The molecule has 0 unspecified atom stereocenters. The van der Waals surface area contributed by atoms with Gasteiger partial charge in [-0.05, 0) is 15.9 Å². The zero-order chi connectivity index (χ0) is 10.6. The molecule has 14 heavy (non-hydrogen) atoms. The highest BCUT2D eigenvalue weighted by atomic mass is 79.9. The van der Waals surface area contributed by atoms with Gasteiger partial charge in [0.05, 0.1) is 16.8 Å². The summed E-state index contributed by atoms with van der Waals surface area (Å²) >= 11 is 3.30. The lowest BCUT2D eigenvalue weighted by Gasteiger charge is -2.07. The smallest absolute Gasteiger partial charge is 0.156 e. The van der Waals surface area contributed by atoms with Gasteiger partial charge in [0.25, 0.3) is 0 Å². The molecule has 78 valence electrons. The highest BCUT2D eigenvalue weighted by Crippen LogP contribution is 2.21. The summed E-state index contributed by atoms with van der Waals surface area (Å²) in [5.41, 5.74) is 6.40. The third-order valence-corrected chi connectivity index (χ3v) is 2.41. The molecule has 1 aromatic rings. The van der Waals surface area contributed by atoms with Crippen LogP contribution in [-0.4, -0.2) is 24.2 Å². The maximum atomic E-state index is 5.67. The standard InChI is InChI=1S/C8H12BrN3O2/c1-13-3-5-7(9)8(10)12-6(11-5)4-14-2/h3-4H2,1-2H3,(H2,10,11,12). The number of ether oxygens (including phenoxy) is 2. The van der Waals surface area contributed by atoms with Crippen LogP contribution in [0.3, 0.4) is 0 Å². The molecule has 2 N–H and O–H groups in total. The molecule has 0 aliphatic carbocycles. The number of nitrogen functional groups attached to an aromatic ring is 1. The first-order valence-electron chi connectivity index (χ1n) is 3.97. The van der Waals surface area contributed by atoms with Crippen LogP contribution >= 0.6 is 15.9 Å². The molecule has 0 aliphatic rings. The van der Waals surface area contributed by atoms with Crippen molar-refractivity contribution in [3.8, 4) is 0 Å². The summed E-state index contributed by atoms with van der Waals surface area (Å²) in [5.74, 6) is 0.958. The minimum absolute atomic E-state index is 0.341. The van der Waals surface area contributed by atoms with E-state index in [9.17, 15) is 0 Å². The van der Waals surface area contributed by atoms with E-state index in [1.54, 1.807) is 14.2 Å². The van der Waals surface area contributed by atoms with Gasteiger partial charge in [-0.1, -0.05) is 0 Å². The molecule has 0 fully saturated rings. The zero-order valence-electron chi connectivity index (χ0n) is 8.08. The summed E-state index contributed by atoms with van der Waals surface area (Å²) in [6, 6.07) is 0. The van der Waals surface area contributed by atoms with E-state index in [4.69, 9.17) is 15.2 Å². The molecule has 5 nitrogen and oxygen atoms in total. The summed E-state index contributed by atoms with van der Waals surface area (Å²) in [4.78, 5) is 8.27. The summed E-state index contributed by atoms with van der Waals surface area (Å²) in [6.07, 6.45) is 0. The number of hydrogen-bond donors (Lipinski definition) is 1. The van der Waals surface area contributed by atoms with E-state index in [0.29, 0.717) is 29.3 Å². The molecule has 0 radical (unpaired) electrons. The van der Waals surface area contributed by atoms with Gasteiger partial charge in [-0.3, -0.25) is 0 Å². The molecule has 1 aromatic heterocycles. The number of halogens is 1. The molecule has 1 rings (SSSR count). The third-order valence-electron chi connectivity index (χ3n) is 1.55. The summed E-state index contributed by atoms with van der Waals surface area (Å²) in [6.45, 7) is 0.734. The van der Waals surface area contributed by atoms with Gasteiger partial charge in [-0.25, -0.2) is 9.97 Å². The Kier molecular flexibility index (Phi) is 4.24. The van der Waals surface area contributed by atoms with E-state index in [-0.39, 0.29) is 0 Å². The number of methoxy groups -OCH3 is 2. The lowest BCUT2D eigenvalue weighted by Crippen LogP contribution is -2.06. The van der Waals surface area contributed by atoms with Gasteiger partial charge in [0.15, 0.2) is 5.82 Å². The minimum Gasteiger partial charge on any atom is -0.383 e. The average molecular weight is 262 g/mol. The Morgan fingerprint density at radius 3 is 2.43 bits per heavy atom. The van der Waals surface area contributed by atoms with E-state index in [1.807, 2.05) is 0 Å². The van der Waals surface area contributed by atoms with Crippen LogP contribution in [0.5, 0.6) is 0 Å². The largest absolute Gasteiger partial charge is 0.383 e. The number of nitrogens with zero attached hydrogens (tertiary/aromatic N) is 2. The number of nitrogens with two attached hydrogens (primary N) is 1. The Balaban J connectivity index is 3.01. The lowest BCUT2D eigenvalue weighted by atomic mass is 10.4. The summed E-state index contributed by atoms with van der Waals surface area (Å²) in [5, 5.41) is 0. The van der Waals surface area contributed by atoms with Crippen molar-refractivity contribution in [2.45, 2.75) is 13.2 Å². The first-order chi connectivity index (χ1) is 6.69. The fourth-order valence-electron chi connectivity index (χ4n) is 0.992. The van der Waals surface area contributed by atoms with Crippen LogP contribution in [0.2, 0.25) is 0 Å². The van der Waals surface area contributed by atoms with Gasteiger partial charge in [-0.2, -0.15) is 0 Å². The van der Waals surface area contributed by atoms with Gasteiger partial charge in [-0.15, -0.1) is 0 Å². The normalized spacial score (nSPS) is 10.5. The van der Waals surface area contributed by atoms with Crippen LogP contribution in [-0.2, 0) is 22.7 Å². The van der Waals surface area contributed by atoms with Crippen molar-refractivity contribution in [3.05, 3.63) is 16.0 Å². The second-order valence-corrected chi connectivity index (χ2v) is 3.44. The average Bonchev–Trinajstić information content (AvgIpc) is 2.14. The predicted molar refractivity (Wildman–Crippen MR) is 55.6 cm³/mol. The second kappa shape index (κ2) is 5.23. The predicted octanol–water partition coefficient (Wildman–Crippen LogP) is 1.11. The summed E-state index contributed by atoms with van der Waals surface area (Å²) < 4.78 is 10.6. The Morgan fingerprint density at radius 1 is 1.21 bits per heavy atom. The molecular weight excluding hydrogens is 250 g/mol. The van der Waals surface area contributed by atoms with Crippen molar-refractivity contribution in [2.75, 3.05) is 20.0 Å². The van der Waals surface area contributed by atoms with E-state index >= 15 is 0 Å². The Labute approximate surface area is 90.8 Å². The Morgan fingerprint density at radius 2 is 1.86 bits per heavy atom.